The van der Waals surface area contributed by atoms with E-state index in [1.807, 2.05) is 60.7 Å². The van der Waals surface area contributed by atoms with Crippen molar-refractivity contribution in [2.75, 3.05) is 0 Å². The van der Waals surface area contributed by atoms with Crippen LogP contribution < -0.4 is 11.2 Å². The van der Waals surface area contributed by atoms with Gasteiger partial charge in [-0.05, 0) is 11.1 Å². The molecule has 24 heavy (non-hydrogen) atoms. The highest BCUT2D eigenvalue weighted by molar-refractivity contribution is 6.19. The molecule has 0 aliphatic heterocycles. The number of H-pyrrole nitrogens is 1. The Morgan fingerprint density at radius 1 is 0.917 bits per heavy atom. The summed E-state index contributed by atoms with van der Waals surface area (Å²) >= 11 is 0. The van der Waals surface area contributed by atoms with Crippen LogP contribution in [0.25, 0.3) is 6.08 Å². The van der Waals surface area contributed by atoms with Gasteiger partial charge in [0.1, 0.15) is 7.85 Å². The first-order chi connectivity index (χ1) is 11.7. The largest absolute Gasteiger partial charge is 0.329 e. The summed E-state index contributed by atoms with van der Waals surface area (Å²) in [5, 5.41) is 0. The second kappa shape index (κ2) is 7.00. The molecule has 116 valence electrons. The van der Waals surface area contributed by atoms with Crippen LogP contribution >= 0.6 is 0 Å². The van der Waals surface area contributed by atoms with Gasteiger partial charge in [0.2, 0.25) is 0 Å². The topological polar surface area (TPSA) is 54.9 Å². The summed E-state index contributed by atoms with van der Waals surface area (Å²) in [7, 11) is 5.40. The number of rotatable bonds is 4. The maximum absolute atomic E-state index is 12.4. The van der Waals surface area contributed by atoms with Crippen molar-refractivity contribution in [3.8, 4) is 0 Å². The molecule has 2 radical (unpaired) electrons. The molecular formula is C19H15BN2O2. The van der Waals surface area contributed by atoms with Crippen LogP contribution in [0.5, 0.6) is 0 Å². The summed E-state index contributed by atoms with van der Waals surface area (Å²) in [4.78, 5) is 26.7. The summed E-state index contributed by atoms with van der Waals surface area (Å²) in [6.07, 6.45) is 3.01. The minimum Gasteiger partial charge on any atom is -0.288 e. The van der Waals surface area contributed by atoms with Crippen molar-refractivity contribution in [2.24, 2.45) is 0 Å². The quantitative estimate of drug-likeness (QED) is 0.751. The number of aromatic amines is 1. The van der Waals surface area contributed by atoms with E-state index in [9.17, 15) is 9.59 Å². The molecule has 0 saturated heterocycles. The van der Waals surface area contributed by atoms with E-state index in [0.29, 0.717) is 5.56 Å². The van der Waals surface area contributed by atoms with Crippen LogP contribution in [0.2, 0.25) is 0 Å². The van der Waals surface area contributed by atoms with Crippen LogP contribution in [0.4, 0.5) is 0 Å². The van der Waals surface area contributed by atoms with Crippen molar-refractivity contribution in [1.29, 1.82) is 0 Å². The normalized spacial score (nSPS) is 11.2. The Kier molecular flexibility index (Phi) is 4.61. The molecule has 0 amide bonds. The summed E-state index contributed by atoms with van der Waals surface area (Å²) in [5.74, 6) is 1.28. The zero-order valence-electron chi connectivity index (χ0n) is 12.9. The van der Waals surface area contributed by atoms with Crippen LogP contribution in [0.3, 0.4) is 0 Å². The van der Waals surface area contributed by atoms with E-state index in [2.05, 4.69) is 4.98 Å². The van der Waals surface area contributed by atoms with Crippen LogP contribution in [-0.2, 0) is 0 Å². The molecule has 0 atom stereocenters. The van der Waals surface area contributed by atoms with Gasteiger partial charge in [-0.2, -0.15) is 0 Å². The van der Waals surface area contributed by atoms with Crippen molar-refractivity contribution in [3.63, 3.8) is 0 Å². The fourth-order valence-electron chi connectivity index (χ4n) is 2.70. The molecule has 5 heteroatoms. The summed E-state index contributed by atoms with van der Waals surface area (Å²) in [6, 6.07) is 19.0. The minimum atomic E-state index is -0.466. The summed E-state index contributed by atoms with van der Waals surface area (Å²) < 4.78 is 1.52. The molecule has 1 heterocycles. The number of nitrogens with zero attached hydrogens (tertiary/aromatic N) is 1. The SMILES string of the molecule is [B]/C=C/c1cn(C(c2ccccc2)c2ccccc2)c(=O)[nH]c1=O. The zero-order valence-corrected chi connectivity index (χ0v) is 12.9. The first-order valence-corrected chi connectivity index (χ1v) is 7.54. The number of hydrogen-bond acceptors (Lipinski definition) is 2. The number of hydrogen-bond donors (Lipinski definition) is 1. The number of nitrogens with one attached hydrogen (secondary N) is 1. The summed E-state index contributed by atoms with van der Waals surface area (Å²) in [5.41, 5.74) is 1.29. The third kappa shape index (κ3) is 3.15. The molecule has 4 nitrogen and oxygen atoms in total. The molecule has 0 spiro atoms. The second-order valence-corrected chi connectivity index (χ2v) is 5.33. The number of benzene rings is 2. The van der Waals surface area contributed by atoms with Gasteiger partial charge in [-0.25, -0.2) is 4.79 Å². The molecule has 0 aliphatic rings. The Morgan fingerprint density at radius 2 is 1.46 bits per heavy atom. The van der Waals surface area contributed by atoms with Gasteiger partial charge in [-0.3, -0.25) is 14.3 Å². The number of aromatic nitrogens is 2. The second-order valence-electron chi connectivity index (χ2n) is 5.33. The lowest BCUT2D eigenvalue weighted by molar-refractivity contribution is 0.625. The summed E-state index contributed by atoms with van der Waals surface area (Å²) in [6.45, 7) is 0. The van der Waals surface area contributed by atoms with E-state index in [1.165, 1.54) is 22.8 Å². The Balaban J connectivity index is 2.26. The van der Waals surface area contributed by atoms with E-state index < -0.39 is 11.2 Å². The van der Waals surface area contributed by atoms with Gasteiger partial charge in [0.15, 0.2) is 0 Å². The van der Waals surface area contributed by atoms with Crippen LogP contribution in [0.15, 0.2) is 82.4 Å². The van der Waals surface area contributed by atoms with Crippen LogP contribution in [0.1, 0.15) is 22.7 Å². The Morgan fingerprint density at radius 3 is 1.96 bits per heavy atom. The van der Waals surface area contributed by atoms with Crippen molar-refractivity contribution in [3.05, 3.63) is 110 Å². The fourth-order valence-corrected chi connectivity index (χ4v) is 2.70. The third-order valence-electron chi connectivity index (χ3n) is 3.78. The molecule has 0 fully saturated rings. The maximum Gasteiger partial charge on any atom is 0.329 e. The molecule has 0 bridgehead atoms. The predicted molar refractivity (Wildman–Crippen MR) is 96.2 cm³/mol. The van der Waals surface area contributed by atoms with Crippen LogP contribution in [-0.4, -0.2) is 17.4 Å². The molecule has 3 rings (SSSR count). The van der Waals surface area contributed by atoms with Crippen molar-refractivity contribution >= 4 is 13.9 Å². The van der Waals surface area contributed by atoms with E-state index in [1.54, 1.807) is 0 Å². The first kappa shape index (κ1) is 15.8. The maximum atomic E-state index is 12.4. The third-order valence-corrected chi connectivity index (χ3v) is 3.78. The molecule has 0 aliphatic carbocycles. The van der Waals surface area contributed by atoms with E-state index >= 15 is 0 Å². The lowest BCUT2D eigenvalue weighted by atomic mass is 9.98. The molecule has 0 unspecified atom stereocenters. The molecule has 3 aromatic rings. The van der Waals surface area contributed by atoms with Gasteiger partial charge in [0.25, 0.3) is 5.56 Å². The van der Waals surface area contributed by atoms with E-state index in [4.69, 9.17) is 7.85 Å². The first-order valence-electron chi connectivity index (χ1n) is 7.54. The average Bonchev–Trinajstić information content (AvgIpc) is 2.61. The van der Waals surface area contributed by atoms with Gasteiger partial charge < -0.3 is 0 Å². The van der Waals surface area contributed by atoms with Crippen LogP contribution in [0, 0.1) is 0 Å². The van der Waals surface area contributed by atoms with E-state index in [0.717, 1.165) is 11.1 Å². The van der Waals surface area contributed by atoms with Crippen molar-refractivity contribution in [1.82, 2.24) is 9.55 Å². The van der Waals surface area contributed by atoms with E-state index in [-0.39, 0.29) is 6.04 Å². The van der Waals surface area contributed by atoms with Gasteiger partial charge in [-0.15, -0.1) is 5.98 Å². The predicted octanol–water partition coefficient (Wildman–Crippen LogP) is 2.31. The van der Waals surface area contributed by atoms with Crippen molar-refractivity contribution < 1.29 is 0 Å². The Labute approximate surface area is 140 Å². The van der Waals surface area contributed by atoms with Gasteiger partial charge >= 0.3 is 5.69 Å². The van der Waals surface area contributed by atoms with Gasteiger partial charge in [-0.1, -0.05) is 66.7 Å². The molecule has 1 N–H and O–H groups in total. The van der Waals surface area contributed by atoms with Gasteiger partial charge in [0.05, 0.1) is 11.6 Å². The highest BCUT2D eigenvalue weighted by Crippen LogP contribution is 2.25. The lowest BCUT2D eigenvalue weighted by Gasteiger charge is -2.21. The zero-order chi connectivity index (χ0) is 16.9. The Hall–Kier alpha value is -3.08. The molecule has 2 aromatic carbocycles. The standard InChI is InChI=1S/C19H15BN2O2/c20-12-11-16-13-22(19(24)21-18(16)23)17(14-7-3-1-4-8-14)15-9-5-2-6-10-15/h1-13,17H,(H,21,23,24)/b12-11+. The molecule has 1 aromatic heterocycles. The minimum absolute atomic E-state index is 0.328. The fraction of sp³-hybridized carbons (Fsp3) is 0.0526. The highest BCUT2D eigenvalue weighted by Gasteiger charge is 2.18. The monoisotopic (exact) mass is 314 g/mol. The average molecular weight is 314 g/mol. The smallest absolute Gasteiger partial charge is 0.288 e. The molecular weight excluding hydrogens is 299 g/mol. The highest BCUT2D eigenvalue weighted by atomic mass is 16.2. The molecule has 0 saturated carbocycles. The lowest BCUT2D eigenvalue weighted by Crippen LogP contribution is -2.34. The Bertz CT molecular complexity index is 920. The van der Waals surface area contributed by atoms with Crippen molar-refractivity contribution in [2.45, 2.75) is 6.04 Å². The van der Waals surface area contributed by atoms with Gasteiger partial charge in [0, 0.05) is 6.20 Å².